The van der Waals surface area contributed by atoms with E-state index in [9.17, 15) is 21.6 Å². The Balaban J connectivity index is 1.91. The van der Waals surface area contributed by atoms with Crippen LogP contribution < -0.4 is 9.03 Å². The fourth-order valence-corrected chi connectivity index (χ4v) is 6.30. The van der Waals surface area contributed by atoms with Gasteiger partial charge >= 0.3 is 0 Å². The lowest BCUT2D eigenvalue weighted by molar-refractivity contribution is -0.123. The summed E-state index contributed by atoms with van der Waals surface area (Å²) in [5, 5.41) is 0. The molecule has 1 aromatic heterocycles. The number of rotatable bonds is 5. The zero-order chi connectivity index (χ0) is 20.0. The smallest absolute Gasteiger partial charge is 0.247 e. The molecule has 27 heavy (non-hydrogen) atoms. The van der Waals surface area contributed by atoms with Crippen LogP contribution in [0, 0.1) is 12.3 Å². The molecule has 0 radical (unpaired) electrons. The highest BCUT2D eigenvalue weighted by Crippen LogP contribution is 2.36. The van der Waals surface area contributed by atoms with Crippen molar-refractivity contribution in [2.24, 2.45) is 5.41 Å². The lowest BCUT2D eigenvalue weighted by Crippen LogP contribution is -2.33. The molecule has 0 atom stereocenters. The number of carbonyl (C=O) groups excluding carboxylic acids is 1. The molecule has 8 nitrogen and oxygen atoms in total. The fraction of sp³-hybridized carbons (Fsp3) is 0.353. The lowest BCUT2D eigenvalue weighted by Gasteiger charge is -2.19. The van der Waals surface area contributed by atoms with Gasteiger partial charge in [0.2, 0.25) is 26.0 Å². The zero-order valence-corrected chi connectivity index (χ0v) is 16.7. The minimum absolute atomic E-state index is 0.00103. The third-order valence-corrected chi connectivity index (χ3v) is 7.86. The standard InChI is InChI=1S/C17H20N2O6S2/c1-12-9-13(19-16(20)17(2,3)11-26(19,21)22)6-7-15(12)27(23,24)18-10-14-5-4-8-25-14/h4-9,18H,10-11H2,1-3H3. The summed E-state index contributed by atoms with van der Waals surface area (Å²) in [5.41, 5.74) is -0.567. The predicted octanol–water partition coefficient (Wildman–Crippen LogP) is 1.77. The summed E-state index contributed by atoms with van der Waals surface area (Å²) in [6.07, 6.45) is 1.44. The summed E-state index contributed by atoms with van der Waals surface area (Å²) in [4.78, 5) is 12.5. The molecular formula is C17H20N2O6S2. The number of hydrogen-bond acceptors (Lipinski definition) is 6. The highest BCUT2D eigenvalue weighted by Gasteiger charge is 2.50. The number of hydrogen-bond donors (Lipinski definition) is 1. The number of nitrogens with zero attached hydrogens (tertiary/aromatic N) is 1. The van der Waals surface area contributed by atoms with Gasteiger partial charge in [-0.3, -0.25) is 4.79 Å². The lowest BCUT2D eigenvalue weighted by atomic mass is 9.95. The summed E-state index contributed by atoms with van der Waals surface area (Å²) in [6, 6.07) is 7.30. The van der Waals surface area contributed by atoms with Crippen molar-refractivity contribution in [3.05, 3.63) is 47.9 Å². The van der Waals surface area contributed by atoms with Crippen molar-refractivity contribution < 1.29 is 26.0 Å². The number of benzene rings is 1. The molecule has 0 unspecified atom stereocenters. The van der Waals surface area contributed by atoms with Gasteiger partial charge in [0.25, 0.3) is 0 Å². The number of nitrogens with one attached hydrogen (secondary N) is 1. The summed E-state index contributed by atoms with van der Waals surface area (Å²) in [6.45, 7) is 4.67. The second-order valence-electron chi connectivity index (χ2n) is 7.06. The zero-order valence-electron chi connectivity index (χ0n) is 15.1. The second kappa shape index (κ2) is 6.47. The first-order valence-corrected chi connectivity index (χ1v) is 11.2. The SMILES string of the molecule is Cc1cc(N2C(=O)C(C)(C)CS2(=O)=O)ccc1S(=O)(=O)NCc1ccco1. The number of amides is 1. The third kappa shape index (κ3) is 3.64. The molecule has 0 spiro atoms. The van der Waals surface area contributed by atoms with Crippen molar-refractivity contribution in [2.75, 3.05) is 10.1 Å². The Hall–Kier alpha value is -2.17. The van der Waals surface area contributed by atoms with Gasteiger partial charge < -0.3 is 4.42 Å². The molecule has 146 valence electrons. The molecule has 0 aliphatic carbocycles. The fourth-order valence-electron chi connectivity index (χ4n) is 2.98. The Bertz CT molecular complexity index is 1090. The molecule has 1 fully saturated rings. The number of aryl methyl sites for hydroxylation is 1. The van der Waals surface area contributed by atoms with E-state index in [-0.39, 0.29) is 22.9 Å². The van der Waals surface area contributed by atoms with Crippen molar-refractivity contribution in [3.8, 4) is 0 Å². The van der Waals surface area contributed by atoms with E-state index in [2.05, 4.69) is 4.72 Å². The second-order valence-corrected chi connectivity index (χ2v) is 10.6. The van der Waals surface area contributed by atoms with Crippen molar-refractivity contribution >= 4 is 31.6 Å². The summed E-state index contributed by atoms with van der Waals surface area (Å²) in [7, 11) is -7.63. The topological polar surface area (TPSA) is 114 Å². The molecule has 1 saturated heterocycles. The normalized spacial score (nSPS) is 18.8. The monoisotopic (exact) mass is 412 g/mol. The van der Waals surface area contributed by atoms with Gasteiger partial charge in [0, 0.05) is 0 Å². The molecule has 1 aromatic carbocycles. The molecule has 1 aliphatic heterocycles. The Morgan fingerprint density at radius 2 is 1.96 bits per heavy atom. The van der Waals surface area contributed by atoms with Crippen molar-refractivity contribution in [2.45, 2.75) is 32.2 Å². The average Bonchev–Trinajstić information content (AvgIpc) is 3.10. The van der Waals surface area contributed by atoms with E-state index in [1.807, 2.05) is 0 Å². The molecule has 1 aliphatic rings. The van der Waals surface area contributed by atoms with E-state index in [0.717, 1.165) is 4.31 Å². The Kier molecular flexibility index (Phi) is 4.69. The van der Waals surface area contributed by atoms with Crippen LogP contribution in [0.3, 0.4) is 0 Å². The minimum Gasteiger partial charge on any atom is -0.468 e. The quantitative estimate of drug-likeness (QED) is 0.801. The van der Waals surface area contributed by atoms with E-state index in [1.165, 1.54) is 24.5 Å². The maximum atomic E-state index is 12.5. The first kappa shape index (κ1) is 19.6. The molecular weight excluding hydrogens is 392 g/mol. The van der Waals surface area contributed by atoms with Gasteiger partial charge in [-0.15, -0.1) is 0 Å². The predicted molar refractivity (Wildman–Crippen MR) is 99.0 cm³/mol. The van der Waals surface area contributed by atoms with E-state index in [4.69, 9.17) is 4.42 Å². The molecule has 1 amide bonds. The molecule has 3 rings (SSSR count). The van der Waals surface area contributed by atoms with Gasteiger partial charge in [-0.25, -0.2) is 25.9 Å². The van der Waals surface area contributed by atoms with Gasteiger partial charge in [0.1, 0.15) is 5.76 Å². The number of furan rings is 1. The van der Waals surface area contributed by atoms with Crippen LogP contribution in [0.5, 0.6) is 0 Å². The van der Waals surface area contributed by atoms with Gasteiger partial charge in [-0.2, -0.15) is 0 Å². The Labute approximate surface area is 158 Å². The van der Waals surface area contributed by atoms with Crippen LogP contribution in [-0.2, 0) is 31.4 Å². The number of carbonyl (C=O) groups is 1. The Morgan fingerprint density at radius 3 is 2.48 bits per heavy atom. The first-order valence-electron chi connectivity index (χ1n) is 8.14. The van der Waals surface area contributed by atoms with Crippen LogP contribution in [0.2, 0.25) is 0 Å². The van der Waals surface area contributed by atoms with Gasteiger partial charge in [0.15, 0.2) is 0 Å². The van der Waals surface area contributed by atoms with Crippen molar-refractivity contribution in [1.82, 2.24) is 4.72 Å². The third-order valence-electron chi connectivity index (χ3n) is 4.28. The molecule has 0 saturated carbocycles. The summed E-state index contributed by atoms with van der Waals surface area (Å²) >= 11 is 0. The average molecular weight is 412 g/mol. The number of anilines is 1. The van der Waals surface area contributed by atoms with Crippen LogP contribution in [0.15, 0.2) is 45.9 Å². The molecule has 0 bridgehead atoms. The maximum absolute atomic E-state index is 12.5. The molecule has 2 aromatic rings. The molecule has 10 heteroatoms. The van der Waals surface area contributed by atoms with Crippen LogP contribution in [-0.4, -0.2) is 28.5 Å². The van der Waals surface area contributed by atoms with Crippen LogP contribution in [0.25, 0.3) is 0 Å². The van der Waals surface area contributed by atoms with Crippen LogP contribution >= 0.6 is 0 Å². The van der Waals surface area contributed by atoms with E-state index in [0.29, 0.717) is 11.3 Å². The molecule has 1 N–H and O–H groups in total. The van der Waals surface area contributed by atoms with Crippen LogP contribution in [0.4, 0.5) is 5.69 Å². The van der Waals surface area contributed by atoms with Crippen molar-refractivity contribution in [1.29, 1.82) is 0 Å². The first-order chi connectivity index (χ1) is 12.4. The summed E-state index contributed by atoms with van der Waals surface area (Å²) in [5.74, 6) is -0.361. The molecule has 2 heterocycles. The van der Waals surface area contributed by atoms with E-state index in [1.54, 1.807) is 32.9 Å². The van der Waals surface area contributed by atoms with Crippen molar-refractivity contribution in [3.63, 3.8) is 0 Å². The van der Waals surface area contributed by atoms with Gasteiger partial charge in [0.05, 0.1) is 34.6 Å². The number of sulfonamides is 2. The van der Waals surface area contributed by atoms with Crippen LogP contribution in [0.1, 0.15) is 25.2 Å². The summed E-state index contributed by atoms with van der Waals surface area (Å²) < 4.78 is 58.1. The van der Waals surface area contributed by atoms with E-state index < -0.39 is 31.4 Å². The largest absolute Gasteiger partial charge is 0.468 e. The maximum Gasteiger partial charge on any atom is 0.247 e. The van der Waals surface area contributed by atoms with Gasteiger partial charge in [-0.05, 0) is 56.7 Å². The highest BCUT2D eigenvalue weighted by atomic mass is 32.2. The highest BCUT2D eigenvalue weighted by molar-refractivity contribution is 7.94. The van der Waals surface area contributed by atoms with Gasteiger partial charge in [-0.1, -0.05) is 0 Å². The minimum atomic E-state index is -3.84. The van der Waals surface area contributed by atoms with E-state index >= 15 is 0 Å². The Morgan fingerprint density at radius 1 is 1.26 bits per heavy atom.